The number of fused-ring (bicyclic) bond motifs is 1. The number of benzene rings is 1. The summed E-state index contributed by atoms with van der Waals surface area (Å²) in [5, 5.41) is 1.18. The normalized spacial score (nSPS) is 10.9. The van der Waals surface area contributed by atoms with Crippen molar-refractivity contribution < 1.29 is 14.3 Å². The summed E-state index contributed by atoms with van der Waals surface area (Å²) in [6.45, 7) is -0.233. The molecule has 6 heteroatoms. The number of hydrogen-bond donors (Lipinski definition) is 1. The molecule has 24 heavy (non-hydrogen) atoms. The quantitative estimate of drug-likeness (QED) is 0.493. The van der Waals surface area contributed by atoms with Gasteiger partial charge in [0.1, 0.15) is 0 Å². The number of carbonyl (C=O) groups is 2. The molecule has 0 aliphatic heterocycles. The predicted octanol–water partition coefficient (Wildman–Crippen LogP) is 4.63. The highest BCUT2D eigenvalue weighted by Gasteiger charge is 2.12. The van der Waals surface area contributed by atoms with Crippen molar-refractivity contribution in [3.8, 4) is 0 Å². The van der Waals surface area contributed by atoms with Gasteiger partial charge in [0.05, 0.1) is 9.21 Å². The van der Waals surface area contributed by atoms with E-state index in [1.165, 1.54) is 22.3 Å². The minimum atomic E-state index is -0.356. The smallest absolute Gasteiger partial charge is 0.306 e. The molecular weight excluding hydrogens is 346 g/mol. The first-order chi connectivity index (χ1) is 11.6. The van der Waals surface area contributed by atoms with Crippen LogP contribution in [-0.2, 0) is 16.0 Å². The number of carbonyl (C=O) groups excluding carboxylic acids is 2. The van der Waals surface area contributed by atoms with Gasteiger partial charge in [-0.25, -0.2) is 0 Å². The Morgan fingerprint density at radius 3 is 2.79 bits per heavy atom. The second-order valence-corrected chi connectivity index (χ2v) is 7.12. The fourth-order valence-corrected chi connectivity index (χ4v) is 3.48. The van der Waals surface area contributed by atoms with Gasteiger partial charge in [-0.1, -0.05) is 29.8 Å². The Kier molecular flexibility index (Phi) is 5.33. The number of rotatable bonds is 7. The number of ether oxygens (including phenoxy) is 1. The molecule has 1 N–H and O–H groups in total. The van der Waals surface area contributed by atoms with E-state index in [9.17, 15) is 9.59 Å². The number of aryl methyl sites for hydroxylation is 1. The predicted molar refractivity (Wildman–Crippen MR) is 95.9 cm³/mol. The first kappa shape index (κ1) is 16.7. The van der Waals surface area contributed by atoms with Crippen LogP contribution in [0.5, 0.6) is 0 Å². The van der Waals surface area contributed by atoms with Crippen LogP contribution in [0.3, 0.4) is 0 Å². The van der Waals surface area contributed by atoms with Gasteiger partial charge in [0.15, 0.2) is 6.61 Å². The van der Waals surface area contributed by atoms with Gasteiger partial charge in [-0.2, -0.15) is 0 Å². The lowest BCUT2D eigenvalue weighted by molar-refractivity contribution is -0.142. The largest absolute Gasteiger partial charge is 0.457 e. The summed E-state index contributed by atoms with van der Waals surface area (Å²) in [6, 6.07) is 11.4. The van der Waals surface area contributed by atoms with Crippen molar-refractivity contribution in [1.29, 1.82) is 0 Å². The number of para-hydroxylation sites is 1. The highest BCUT2D eigenvalue weighted by Crippen LogP contribution is 2.22. The zero-order valence-electron chi connectivity index (χ0n) is 12.9. The third-order valence-corrected chi connectivity index (χ3v) is 4.99. The van der Waals surface area contributed by atoms with Gasteiger partial charge in [0.25, 0.3) is 0 Å². The Labute approximate surface area is 148 Å². The van der Waals surface area contributed by atoms with Crippen LogP contribution in [0.15, 0.2) is 42.6 Å². The number of aromatic amines is 1. The molecular formula is C18H16ClNO3S. The van der Waals surface area contributed by atoms with Crippen molar-refractivity contribution in [3.63, 3.8) is 0 Å². The fourth-order valence-electron chi connectivity index (χ4n) is 2.52. The van der Waals surface area contributed by atoms with Gasteiger partial charge in [0.2, 0.25) is 5.78 Å². The average Bonchev–Trinajstić information content (AvgIpc) is 3.19. The van der Waals surface area contributed by atoms with Gasteiger partial charge in [-0.05, 0) is 36.6 Å². The van der Waals surface area contributed by atoms with Crippen molar-refractivity contribution >= 4 is 45.6 Å². The maximum Gasteiger partial charge on any atom is 0.306 e. The first-order valence-electron chi connectivity index (χ1n) is 7.62. The standard InChI is InChI=1S/C18H16ClNO3S/c19-17-9-8-16(24-17)15(21)11-23-18(22)7-3-4-12-10-20-14-6-2-1-5-13(12)14/h1-2,5-6,8-10,20H,3-4,7,11H2. The molecule has 2 heterocycles. The molecule has 0 aliphatic carbocycles. The number of nitrogens with one attached hydrogen (secondary N) is 1. The molecule has 0 amide bonds. The van der Waals surface area contributed by atoms with E-state index in [-0.39, 0.29) is 24.8 Å². The number of esters is 1. The van der Waals surface area contributed by atoms with E-state index in [2.05, 4.69) is 11.1 Å². The van der Waals surface area contributed by atoms with Gasteiger partial charge in [-0.15, -0.1) is 11.3 Å². The first-order valence-corrected chi connectivity index (χ1v) is 8.82. The second kappa shape index (κ2) is 7.64. The molecule has 0 aliphatic rings. The molecule has 1 aromatic carbocycles. The number of aromatic nitrogens is 1. The van der Waals surface area contributed by atoms with Crippen molar-refractivity contribution in [1.82, 2.24) is 4.98 Å². The van der Waals surface area contributed by atoms with Crippen LogP contribution in [0.4, 0.5) is 0 Å². The Hall–Kier alpha value is -2.11. The SMILES string of the molecule is O=C(CCCc1c[nH]c2ccccc12)OCC(=O)c1ccc(Cl)s1. The lowest BCUT2D eigenvalue weighted by Gasteiger charge is -2.03. The number of H-pyrrole nitrogens is 1. The number of thiophene rings is 1. The highest BCUT2D eigenvalue weighted by molar-refractivity contribution is 7.18. The molecule has 0 saturated heterocycles. The molecule has 0 fully saturated rings. The fraction of sp³-hybridized carbons (Fsp3) is 0.222. The summed E-state index contributed by atoms with van der Waals surface area (Å²) in [5.41, 5.74) is 2.28. The molecule has 2 aromatic heterocycles. The Balaban J connectivity index is 1.43. The average molecular weight is 362 g/mol. The van der Waals surface area contributed by atoms with E-state index in [0.717, 1.165) is 11.9 Å². The van der Waals surface area contributed by atoms with Crippen LogP contribution in [0, 0.1) is 0 Å². The number of ketones is 1. The summed E-state index contributed by atoms with van der Waals surface area (Å²) < 4.78 is 5.59. The van der Waals surface area contributed by atoms with Gasteiger partial charge >= 0.3 is 5.97 Å². The van der Waals surface area contributed by atoms with Crippen LogP contribution in [0.2, 0.25) is 4.34 Å². The molecule has 3 rings (SSSR count). The maximum absolute atomic E-state index is 11.8. The van der Waals surface area contributed by atoms with E-state index in [0.29, 0.717) is 15.6 Å². The summed E-state index contributed by atoms with van der Waals surface area (Å²) in [5.74, 6) is -0.581. The zero-order valence-corrected chi connectivity index (χ0v) is 14.5. The second-order valence-electron chi connectivity index (χ2n) is 5.40. The van der Waals surface area contributed by atoms with Crippen LogP contribution >= 0.6 is 22.9 Å². The Morgan fingerprint density at radius 1 is 1.17 bits per heavy atom. The minimum Gasteiger partial charge on any atom is -0.457 e. The molecule has 0 atom stereocenters. The maximum atomic E-state index is 11.8. The van der Waals surface area contributed by atoms with Gasteiger partial charge in [0, 0.05) is 23.5 Å². The monoisotopic (exact) mass is 361 g/mol. The number of hydrogen-bond acceptors (Lipinski definition) is 4. The lowest BCUT2D eigenvalue weighted by Crippen LogP contribution is -2.13. The van der Waals surface area contributed by atoms with Crippen molar-refractivity contribution in [2.45, 2.75) is 19.3 Å². The lowest BCUT2D eigenvalue weighted by atomic mass is 10.1. The Bertz CT molecular complexity index is 868. The van der Waals surface area contributed by atoms with Gasteiger partial charge < -0.3 is 9.72 Å². The molecule has 4 nitrogen and oxygen atoms in total. The third-order valence-electron chi connectivity index (χ3n) is 3.71. The van der Waals surface area contributed by atoms with Crippen LogP contribution in [-0.4, -0.2) is 23.3 Å². The van der Waals surface area contributed by atoms with Crippen LogP contribution in [0.25, 0.3) is 10.9 Å². The van der Waals surface area contributed by atoms with E-state index in [1.807, 2.05) is 24.4 Å². The van der Waals surface area contributed by atoms with E-state index in [1.54, 1.807) is 12.1 Å². The molecule has 3 aromatic rings. The summed E-state index contributed by atoms with van der Waals surface area (Å²) in [7, 11) is 0. The van der Waals surface area contributed by atoms with Crippen LogP contribution in [0.1, 0.15) is 28.1 Å². The number of Topliss-reactive ketones (excluding diaryl/α,β-unsaturated/α-hetero) is 1. The highest BCUT2D eigenvalue weighted by atomic mass is 35.5. The van der Waals surface area contributed by atoms with E-state index in [4.69, 9.17) is 16.3 Å². The summed E-state index contributed by atoms with van der Waals surface area (Å²) >= 11 is 6.97. The molecule has 0 bridgehead atoms. The summed E-state index contributed by atoms with van der Waals surface area (Å²) in [4.78, 5) is 27.3. The van der Waals surface area contributed by atoms with Crippen molar-refractivity contribution in [2.75, 3.05) is 6.61 Å². The molecule has 0 spiro atoms. The zero-order chi connectivity index (χ0) is 16.9. The molecule has 124 valence electrons. The van der Waals surface area contributed by atoms with E-state index >= 15 is 0 Å². The van der Waals surface area contributed by atoms with Crippen molar-refractivity contribution in [3.05, 3.63) is 57.4 Å². The summed E-state index contributed by atoms with van der Waals surface area (Å²) in [6.07, 6.45) is 3.73. The Morgan fingerprint density at radius 2 is 2.00 bits per heavy atom. The van der Waals surface area contributed by atoms with Crippen molar-refractivity contribution in [2.24, 2.45) is 0 Å². The molecule has 0 unspecified atom stereocenters. The molecule has 0 radical (unpaired) electrons. The number of halogens is 1. The van der Waals surface area contributed by atoms with E-state index < -0.39 is 0 Å². The van der Waals surface area contributed by atoms with Gasteiger partial charge in [-0.3, -0.25) is 9.59 Å². The minimum absolute atomic E-state index is 0.225. The topological polar surface area (TPSA) is 59.2 Å². The van der Waals surface area contributed by atoms with Crippen LogP contribution < -0.4 is 0 Å². The molecule has 0 saturated carbocycles. The third kappa shape index (κ3) is 4.04.